The molecule has 0 spiro atoms. The summed E-state index contributed by atoms with van der Waals surface area (Å²) in [4.78, 5) is 6.71. The van der Waals surface area contributed by atoms with Crippen LogP contribution in [0.25, 0.3) is 0 Å². The van der Waals surface area contributed by atoms with Gasteiger partial charge in [0.05, 0.1) is 6.67 Å². The van der Waals surface area contributed by atoms with Crippen LogP contribution in [-0.4, -0.2) is 48.1 Å². The van der Waals surface area contributed by atoms with Crippen LogP contribution < -0.4 is 5.32 Å². The highest BCUT2D eigenvalue weighted by atomic mass is 15.3. The lowest BCUT2D eigenvalue weighted by molar-refractivity contribution is 0.292. The third-order valence-electron chi connectivity index (χ3n) is 3.84. The largest absolute Gasteiger partial charge is 0.390 e. The summed E-state index contributed by atoms with van der Waals surface area (Å²) in [6.45, 7) is 10.4. The molecule has 0 aromatic carbocycles. The summed E-state index contributed by atoms with van der Waals surface area (Å²) in [5.74, 6) is 0. The Balaban J connectivity index is 1.97. The lowest BCUT2D eigenvalue weighted by Crippen LogP contribution is -2.23. The van der Waals surface area contributed by atoms with E-state index >= 15 is 0 Å². The molecule has 1 aliphatic heterocycles. The normalized spacial score (nSPS) is 14.1. The van der Waals surface area contributed by atoms with Gasteiger partial charge in [0.2, 0.25) is 0 Å². The fraction of sp³-hybridized carbons (Fsp3) is 0.667. The number of nitrogens with one attached hydrogen (secondary N) is 1. The summed E-state index contributed by atoms with van der Waals surface area (Å²) in [7, 11) is 2.11. The molecule has 0 bridgehead atoms. The van der Waals surface area contributed by atoms with Crippen LogP contribution in [0.1, 0.15) is 45.4 Å². The molecule has 0 saturated heterocycles. The monoisotopic (exact) mass is 306 g/mol. The second-order valence-corrected chi connectivity index (χ2v) is 5.97. The number of unbranched alkanes of at least 4 members (excludes halogenated alkanes) is 4. The number of rotatable bonds is 13. The molecular formula is C18H34N4. The van der Waals surface area contributed by atoms with Gasteiger partial charge in [-0.25, -0.2) is 0 Å². The molecule has 1 N–H and O–H groups in total. The van der Waals surface area contributed by atoms with Gasteiger partial charge in [-0.3, -0.25) is 0 Å². The van der Waals surface area contributed by atoms with E-state index in [1.165, 1.54) is 38.5 Å². The van der Waals surface area contributed by atoms with Crippen molar-refractivity contribution in [1.82, 2.24) is 20.0 Å². The minimum absolute atomic E-state index is 1.03. The first-order valence-electron chi connectivity index (χ1n) is 8.67. The van der Waals surface area contributed by atoms with Crippen LogP contribution in [0.2, 0.25) is 0 Å². The van der Waals surface area contributed by atoms with E-state index in [-0.39, 0.29) is 0 Å². The Kier molecular flexibility index (Phi) is 10.1. The first kappa shape index (κ1) is 18.5. The fourth-order valence-corrected chi connectivity index (χ4v) is 2.46. The van der Waals surface area contributed by atoms with Gasteiger partial charge in [-0.05, 0) is 25.5 Å². The molecule has 0 aromatic heterocycles. The van der Waals surface area contributed by atoms with Crippen LogP contribution in [0.4, 0.5) is 0 Å². The minimum Gasteiger partial charge on any atom is -0.390 e. The zero-order valence-electron chi connectivity index (χ0n) is 14.5. The van der Waals surface area contributed by atoms with Crippen LogP contribution in [0.3, 0.4) is 0 Å². The van der Waals surface area contributed by atoms with Gasteiger partial charge in [-0.1, -0.05) is 32.8 Å². The van der Waals surface area contributed by atoms with E-state index in [1.54, 1.807) is 0 Å². The van der Waals surface area contributed by atoms with E-state index in [1.807, 2.05) is 12.4 Å². The standard InChI is InChI=1S/C18H34N4/c1-4-6-7-9-13-21(5-2)15-12-19-11-8-10-14-22-17-16-20(3)18-22/h5,12,15-17,19H,2,4,6-11,13-14,18H2,1,3H3. The average molecular weight is 306 g/mol. The van der Waals surface area contributed by atoms with Crippen molar-refractivity contribution in [3.63, 3.8) is 0 Å². The summed E-state index contributed by atoms with van der Waals surface area (Å²) in [6, 6.07) is 0. The molecule has 0 atom stereocenters. The highest BCUT2D eigenvalue weighted by Gasteiger charge is 2.06. The molecule has 22 heavy (non-hydrogen) atoms. The third kappa shape index (κ3) is 8.65. The van der Waals surface area contributed by atoms with Crippen molar-refractivity contribution < 1.29 is 0 Å². The number of hydrogen-bond donors (Lipinski definition) is 1. The van der Waals surface area contributed by atoms with Gasteiger partial charge in [0.15, 0.2) is 0 Å². The van der Waals surface area contributed by atoms with Crippen molar-refractivity contribution in [3.05, 3.63) is 37.6 Å². The smallest absolute Gasteiger partial charge is 0.0890 e. The van der Waals surface area contributed by atoms with Crippen LogP contribution in [0.5, 0.6) is 0 Å². The van der Waals surface area contributed by atoms with Crippen molar-refractivity contribution in [2.75, 3.05) is 33.4 Å². The summed E-state index contributed by atoms with van der Waals surface area (Å²) >= 11 is 0. The molecule has 126 valence electrons. The quantitative estimate of drug-likeness (QED) is 0.525. The van der Waals surface area contributed by atoms with Crippen molar-refractivity contribution in [1.29, 1.82) is 0 Å². The van der Waals surface area contributed by atoms with E-state index in [0.717, 1.165) is 26.3 Å². The fourth-order valence-electron chi connectivity index (χ4n) is 2.46. The molecule has 1 aliphatic rings. The molecule has 0 aliphatic carbocycles. The van der Waals surface area contributed by atoms with Crippen LogP contribution in [0, 0.1) is 0 Å². The van der Waals surface area contributed by atoms with Crippen molar-refractivity contribution in [2.45, 2.75) is 45.4 Å². The summed E-state index contributed by atoms with van der Waals surface area (Å²) in [5, 5.41) is 3.37. The number of nitrogens with zero attached hydrogens (tertiary/aromatic N) is 3. The van der Waals surface area contributed by atoms with E-state index in [9.17, 15) is 0 Å². The number of hydrogen-bond acceptors (Lipinski definition) is 4. The molecule has 0 unspecified atom stereocenters. The summed E-state index contributed by atoms with van der Waals surface area (Å²) in [6.07, 6.45) is 17.9. The molecule has 4 heteroatoms. The maximum atomic E-state index is 3.87. The maximum Gasteiger partial charge on any atom is 0.0890 e. The van der Waals surface area contributed by atoms with Crippen molar-refractivity contribution in [3.8, 4) is 0 Å². The predicted octanol–water partition coefficient (Wildman–Crippen LogP) is 3.53. The molecule has 0 aromatic rings. The highest BCUT2D eigenvalue weighted by molar-refractivity contribution is 4.89. The lowest BCUT2D eigenvalue weighted by Gasteiger charge is -2.17. The molecule has 0 saturated carbocycles. The van der Waals surface area contributed by atoms with Gasteiger partial charge in [0.25, 0.3) is 0 Å². The van der Waals surface area contributed by atoms with E-state index in [2.05, 4.69) is 59.2 Å². The van der Waals surface area contributed by atoms with E-state index in [0.29, 0.717) is 0 Å². The van der Waals surface area contributed by atoms with Crippen LogP contribution in [0.15, 0.2) is 37.6 Å². The third-order valence-corrected chi connectivity index (χ3v) is 3.84. The molecule has 4 nitrogen and oxygen atoms in total. The van der Waals surface area contributed by atoms with Crippen molar-refractivity contribution in [2.24, 2.45) is 0 Å². The Bertz CT molecular complexity index is 338. The highest BCUT2D eigenvalue weighted by Crippen LogP contribution is 2.05. The zero-order valence-corrected chi connectivity index (χ0v) is 14.5. The Morgan fingerprint density at radius 1 is 1.18 bits per heavy atom. The first-order valence-corrected chi connectivity index (χ1v) is 8.67. The lowest BCUT2D eigenvalue weighted by atomic mass is 10.2. The Morgan fingerprint density at radius 3 is 2.73 bits per heavy atom. The minimum atomic E-state index is 1.03. The van der Waals surface area contributed by atoms with Gasteiger partial charge >= 0.3 is 0 Å². The molecular weight excluding hydrogens is 272 g/mol. The Hall–Kier alpha value is -1.58. The average Bonchev–Trinajstić information content (AvgIpc) is 2.94. The van der Waals surface area contributed by atoms with Gasteiger partial charge in [-0.15, -0.1) is 0 Å². The Morgan fingerprint density at radius 2 is 2.05 bits per heavy atom. The topological polar surface area (TPSA) is 21.8 Å². The SMILES string of the molecule is C=CN(C=CNCCCCN1C=CN(C)C1)CCCCCC. The molecule has 0 amide bonds. The van der Waals surface area contributed by atoms with E-state index in [4.69, 9.17) is 0 Å². The van der Waals surface area contributed by atoms with Crippen LogP contribution in [-0.2, 0) is 0 Å². The van der Waals surface area contributed by atoms with Crippen LogP contribution >= 0.6 is 0 Å². The summed E-state index contributed by atoms with van der Waals surface area (Å²) < 4.78 is 0. The molecule has 0 radical (unpaired) electrons. The predicted molar refractivity (Wildman–Crippen MR) is 95.9 cm³/mol. The maximum absolute atomic E-state index is 3.87. The van der Waals surface area contributed by atoms with Crippen molar-refractivity contribution >= 4 is 0 Å². The summed E-state index contributed by atoms with van der Waals surface area (Å²) in [5.41, 5.74) is 0. The molecule has 1 rings (SSSR count). The second kappa shape index (κ2) is 12.0. The molecule has 0 fully saturated rings. The Labute approximate surface area is 137 Å². The first-order chi connectivity index (χ1) is 10.8. The van der Waals surface area contributed by atoms with Gasteiger partial charge in [0.1, 0.15) is 0 Å². The second-order valence-electron chi connectivity index (χ2n) is 5.97. The van der Waals surface area contributed by atoms with Gasteiger partial charge in [-0.2, -0.15) is 0 Å². The van der Waals surface area contributed by atoms with E-state index < -0.39 is 0 Å². The van der Waals surface area contributed by atoms with Gasteiger partial charge < -0.3 is 20.0 Å². The molecule has 1 heterocycles. The zero-order chi connectivity index (χ0) is 16.0. The van der Waals surface area contributed by atoms with Gasteiger partial charge in [0, 0.05) is 51.5 Å².